The van der Waals surface area contributed by atoms with E-state index in [-0.39, 0.29) is 0 Å². The molecule has 1 aromatic heterocycles. The van der Waals surface area contributed by atoms with Crippen LogP contribution in [0.3, 0.4) is 0 Å². The van der Waals surface area contributed by atoms with Gasteiger partial charge >= 0.3 is 0 Å². The summed E-state index contributed by atoms with van der Waals surface area (Å²) < 4.78 is 0. The highest BCUT2D eigenvalue weighted by atomic mass is 32.2. The third-order valence-electron chi connectivity index (χ3n) is 1.77. The van der Waals surface area contributed by atoms with Crippen molar-refractivity contribution in [1.29, 1.82) is 0 Å². The van der Waals surface area contributed by atoms with Crippen LogP contribution in [0.4, 0.5) is 0 Å². The van der Waals surface area contributed by atoms with E-state index in [4.69, 9.17) is 0 Å². The second kappa shape index (κ2) is 4.48. The van der Waals surface area contributed by atoms with Crippen LogP contribution >= 0.6 is 11.8 Å². The van der Waals surface area contributed by atoms with Gasteiger partial charge in [0.05, 0.1) is 5.03 Å². The Morgan fingerprint density at radius 1 is 1.58 bits per heavy atom. The zero-order valence-electron chi connectivity index (χ0n) is 7.72. The van der Waals surface area contributed by atoms with E-state index in [1.54, 1.807) is 11.8 Å². The van der Waals surface area contributed by atoms with Crippen molar-refractivity contribution in [2.75, 3.05) is 13.3 Å². The summed E-state index contributed by atoms with van der Waals surface area (Å²) in [5.74, 6) is 0. The molecule has 1 rings (SSSR count). The molecule has 0 aliphatic carbocycles. The largest absolute Gasteiger partial charge is 0.316 e. The van der Waals surface area contributed by atoms with E-state index in [2.05, 4.69) is 23.3 Å². The average molecular weight is 182 g/mol. The van der Waals surface area contributed by atoms with E-state index in [1.165, 1.54) is 11.1 Å². The monoisotopic (exact) mass is 182 g/mol. The van der Waals surface area contributed by atoms with Crippen LogP contribution in [-0.4, -0.2) is 18.3 Å². The molecule has 0 aliphatic heterocycles. The molecule has 2 nitrogen and oxygen atoms in total. The molecule has 0 aromatic carbocycles. The second-order valence-corrected chi connectivity index (χ2v) is 3.51. The Morgan fingerprint density at radius 3 is 2.83 bits per heavy atom. The Bertz CT molecular complexity index is 261. The van der Waals surface area contributed by atoms with Gasteiger partial charge in [-0.1, -0.05) is 0 Å². The molecular formula is C9H14N2S. The number of aryl methyl sites for hydroxylation is 1. The van der Waals surface area contributed by atoms with Crippen LogP contribution in [0.1, 0.15) is 11.1 Å². The molecule has 0 bridgehead atoms. The first-order valence-corrected chi connectivity index (χ1v) is 5.14. The minimum Gasteiger partial charge on any atom is -0.316 e. The van der Waals surface area contributed by atoms with Crippen LogP contribution in [0.5, 0.6) is 0 Å². The Hall–Kier alpha value is -0.540. The van der Waals surface area contributed by atoms with E-state index >= 15 is 0 Å². The predicted octanol–water partition coefficient (Wildman–Crippen LogP) is 1.83. The molecule has 3 heteroatoms. The van der Waals surface area contributed by atoms with Crippen LogP contribution in [0.2, 0.25) is 0 Å². The van der Waals surface area contributed by atoms with Crippen LogP contribution < -0.4 is 5.32 Å². The molecule has 0 fully saturated rings. The summed E-state index contributed by atoms with van der Waals surface area (Å²) in [5, 5.41) is 4.21. The maximum Gasteiger partial charge on any atom is 0.0959 e. The first-order valence-electron chi connectivity index (χ1n) is 3.92. The van der Waals surface area contributed by atoms with E-state index in [0.717, 1.165) is 11.6 Å². The van der Waals surface area contributed by atoms with E-state index in [0.29, 0.717) is 0 Å². The second-order valence-electron chi connectivity index (χ2n) is 2.68. The van der Waals surface area contributed by atoms with Crippen LogP contribution in [0.15, 0.2) is 17.3 Å². The Balaban J connectivity index is 2.87. The molecule has 1 heterocycles. The van der Waals surface area contributed by atoms with Gasteiger partial charge < -0.3 is 5.32 Å². The van der Waals surface area contributed by atoms with Crippen molar-refractivity contribution in [3.05, 3.63) is 23.4 Å². The summed E-state index contributed by atoms with van der Waals surface area (Å²) in [6, 6.07) is 2.12. The first-order chi connectivity index (χ1) is 5.77. The zero-order chi connectivity index (χ0) is 8.97. The summed E-state index contributed by atoms with van der Waals surface area (Å²) >= 11 is 1.68. The summed E-state index contributed by atoms with van der Waals surface area (Å²) in [4.78, 5) is 4.30. The van der Waals surface area contributed by atoms with Crippen molar-refractivity contribution >= 4 is 11.8 Å². The summed E-state index contributed by atoms with van der Waals surface area (Å²) in [5.41, 5.74) is 2.58. The summed E-state index contributed by atoms with van der Waals surface area (Å²) in [6.07, 6.45) is 3.98. The molecule has 0 unspecified atom stereocenters. The van der Waals surface area contributed by atoms with Crippen molar-refractivity contribution in [1.82, 2.24) is 10.3 Å². The SMILES string of the molecule is CNCc1cnc(SC)cc1C. The fraction of sp³-hybridized carbons (Fsp3) is 0.444. The van der Waals surface area contributed by atoms with E-state index < -0.39 is 0 Å². The van der Waals surface area contributed by atoms with E-state index in [1.807, 2.05) is 19.5 Å². The van der Waals surface area contributed by atoms with Gasteiger partial charge in [-0.05, 0) is 37.4 Å². The van der Waals surface area contributed by atoms with Crippen LogP contribution in [-0.2, 0) is 6.54 Å². The Morgan fingerprint density at radius 2 is 2.33 bits per heavy atom. The average Bonchev–Trinajstić information content (AvgIpc) is 2.09. The van der Waals surface area contributed by atoms with Gasteiger partial charge in [0, 0.05) is 12.7 Å². The fourth-order valence-corrected chi connectivity index (χ4v) is 1.50. The summed E-state index contributed by atoms with van der Waals surface area (Å²) in [7, 11) is 1.95. The van der Waals surface area contributed by atoms with Gasteiger partial charge in [-0.15, -0.1) is 11.8 Å². The lowest BCUT2D eigenvalue weighted by atomic mass is 10.2. The maximum absolute atomic E-state index is 4.30. The standard InChI is InChI=1S/C9H14N2S/c1-7-4-9(12-3)11-6-8(7)5-10-2/h4,6,10H,5H2,1-3H3. The van der Waals surface area contributed by atoms with Crippen molar-refractivity contribution in [2.45, 2.75) is 18.5 Å². The van der Waals surface area contributed by atoms with Crippen molar-refractivity contribution in [3.8, 4) is 0 Å². The lowest BCUT2D eigenvalue weighted by Gasteiger charge is -2.05. The van der Waals surface area contributed by atoms with Gasteiger partial charge in [0.2, 0.25) is 0 Å². The lowest BCUT2D eigenvalue weighted by Crippen LogP contribution is -2.07. The third kappa shape index (κ3) is 2.22. The summed E-state index contributed by atoms with van der Waals surface area (Å²) in [6.45, 7) is 3.02. The quantitative estimate of drug-likeness (QED) is 0.722. The Labute approximate surface area is 77.8 Å². The number of nitrogens with zero attached hydrogens (tertiary/aromatic N) is 1. The normalized spacial score (nSPS) is 10.2. The highest BCUT2D eigenvalue weighted by Crippen LogP contribution is 2.15. The molecule has 0 spiro atoms. The minimum absolute atomic E-state index is 0.896. The predicted molar refractivity (Wildman–Crippen MR) is 53.5 cm³/mol. The molecule has 1 aromatic rings. The number of rotatable bonds is 3. The molecule has 0 aliphatic rings. The number of nitrogens with one attached hydrogen (secondary N) is 1. The molecular weight excluding hydrogens is 168 g/mol. The maximum atomic E-state index is 4.30. The van der Waals surface area contributed by atoms with Gasteiger partial charge in [0.25, 0.3) is 0 Å². The minimum atomic E-state index is 0.896. The van der Waals surface area contributed by atoms with E-state index in [9.17, 15) is 0 Å². The van der Waals surface area contributed by atoms with Gasteiger partial charge in [-0.3, -0.25) is 0 Å². The molecule has 12 heavy (non-hydrogen) atoms. The zero-order valence-corrected chi connectivity index (χ0v) is 8.53. The highest BCUT2D eigenvalue weighted by Gasteiger charge is 1.98. The Kier molecular flexibility index (Phi) is 3.56. The lowest BCUT2D eigenvalue weighted by molar-refractivity contribution is 0.802. The van der Waals surface area contributed by atoms with Gasteiger partial charge in [0.1, 0.15) is 0 Å². The van der Waals surface area contributed by atoms with Crippen molar-refractivity contribution in [2.24, 2.45) is 0 Å². The van der Waals surface area contributed by atoms with Crippen molar-refractivity contribution in [3.63, 3.8) is 0 Å². The van der Waals surface area contributed by atoms with Crippen LogP contribution in [0.25, 0.3) is 0 Å². The number of thioether (sulfide) groups is 1. The third-order valence-corrected chi connectivity index (χ3v) is 2.41. The molecule has 0 amide bonds. The van der Waals surface area contributed by atoms with Gasteiger partial charge in [-0.2, -0.15) is 0 Å². The first kappa shape index (κ1) is 9.55. The molecule has 0 atom stereocenters. The number of hydrogen-bond donors (Lipinski definition) is 1. The highest BCUT2D eigenvalue weighted by molar-refractivity contribution is 7.98. The fourth-order valence-electron chi connectivity index (χ4n) is 1.05. The molecule has 0 radical (unpaired) electrons. The molecule has 66 valence electrons. The molecule has 1 N–H and O–H groups in total. The topological polar surface area (TPSA) is 24.9 Å². The van der Waals surface area contributed by atoms with Crippen molar-refractivity contribution < 1.29 is 0 Å². The van der Waals surface area contributed by atoms with Gasteiger partial charge in [0.15, 0.2) is 0 Å². The number of hydrogen-bond acceptors (Lipinski definition) is 3. The molecule has 0 saturated heterocycles. The van der Waals surface area contributed by atoms with Crippen LogP contribution in [0, 0.1) is 6.92 Å². The molecule has 0 saturated carbocycles. The number of pyridine rings is 1. The smallest absolute Gasteiger partial charge is 0.0959 e. The number of aromatic nitrogens is 1. The van der Waals surface area contributed by atoms with Gasteiger partial charge in [-0.25, -0.2) is 4.98 Å².